The maximum absolute atomic E-state index is 12.6. The minimum Gasteiger partial charge on any atom is -0.349 e. The normalized spacial score (nSPS) is 21.7. The van der Waals surface area contributed by atoms with Crippen LogP contribution in [0.4, 0.5) is 0 Å². The highest BCUT2D eigenvalue weighted by Crippen LogP contribution is 2.48. The summed E-state index contributed by atoms with van der Waals surface area (Å²) >= 11 is 1.49. The van der Waals surface area contributed by atoms with Crippen LogP contribution < -0.4 is 5.32 Å². The Morgan fingerprint density at radius 1 is 1.23 bits per heavy atom. The number of aromatic nitrogens is 2. The van der Waals surface area contributed by atoms with E-state index < -0.39 is 0 Å². The Balaban J connectivity index is 1.15. The van der Waals surface area contributed by atoms with Crippen molar-refractivity contribution in [2.75, 3.05) is 13.1 Å². The molecule has 2 fully saturated rings. The van der Waals surface area contributed by atoms with Crippen LogP contribution in [0.3, 0.4) is 0 Å². The van der Waals surface area contributed by atoms with Crippen molar-refractivity contribution < 1.29 is 9.59 Å². The smallest absolute Gasteiger partial charge is 0.263 e. The summed E-state index contributed by atoms with van der Waals surface area (Å²) in [6.45, 7) is 3.69. The maximum Gasteiger partial charge on any atom is 0.263 e. The number of amides is 2. The van der Waals surface area contributed by atoms with Gasteiger partial charge in [-0.15, -0.1) is 11.3 Å². The Kier molecular flexibility index (Phi) is 5.06. The van der Waals surface area contributed by atoms with E-state index in [9.17, 15) is 9.59 Å². The molecule has 0 unspecified atom stereocenters. The zero-order valence-corrected chi connectivity index (χ0v) is 17.9. The first-order valence-electron chi connectivity index (χ1n) is 10.7. The largest absolute Gasteiger partial charge is 0.349 e. The van der Waals surface area contributed by atoms with Gasteiger partial charge in [0.2, 0.25) is 5.91 Å². The Hall–Kier alpha value is -2.67. The van der Waals surface area contributed by atoms with Crippen LogP contribution in [-0.2, 0) is 4.79 Å². The first-order valence-corrected chi connectivity index (χ1v) is 11.5. The number of benzene rings is 1. The average Bonchev–Trinajstić information content (AvgIpc) is 3.22. The lowest BCUT2D eigenvalue weighted by Crippen LogP contribution is -2.27. The van der Waals surface area contributed by atoms with Gasteiger partial charge in [-0.05, 0) is 56.4 Å². The van der Waals surface area contributed by atoms with Crippen molar-refractivity contribution in [2.45, 2.75) is 44.6 Å². The van der Waals surface area contributed by atoms with Crippen LogP contribution in [-0.4, -0.2) is 39.8 Å². The molecule has 3 aromatic rings. The van der Waals surface area contributed by atoms with Crippen molar-refractivity contribution in [3.63, 3.8) is 0 Å². The number of carbonyl (C=O) groups is 2. The monoisotopic (exact) mass is 422 g/mol. The highest BCUT2D eigenvalue weighted by molar-refractivity contribution is 7.14. The third-order valence-corrected chi connectivity index (χ3v) is 7.42. The molecule has 0 radical (unpaired) electrons. The Morgan fingerprint density at radius 2 is 2.03 bits per heavy atom. The van der Waals surface area contributed by atoms with E-state index in [4.69, 9.17) is 0 Å². The van der Waals surface area contributed by atoms with Gasteiger partial charge in [-0.2, -0.15) is 0 Å². The molecule has 2 aliphatic rings. The van der Waals surface area contributed by atoms with Gasteiger partial charge >= 0.3 is 0 Å². The predicted molar refractivity (Wildman–Crippen MR) is 118 cm³/mol. The lowest BCUT2D eigenvalue weighted by Gasteiger charge is -2.14. The number of carbonyl (C=O) groups excluding carboxylic acids is 2. The summed E-state index contributed by atoms with van der Waals surface area (Å²) in [7, 11) is 0. The van der Waals surface area contributed by atoms with Gasteiger partial charge in [-0.25, -0.2) is 4.98 Å². The van der Waals surface area contributed by atoms with Crippen LogP contribution in [0.1, 0.15) is 64.9 Å². The number of para-hydroxylation sites is 2. The van der Waals surface area contributed by atoms with E-state index >= 15 is 0 Å². The van der Waals surface area contributed by atoms with Crippen molar-refractivity contribution in [1.29, 1.82) is 0 Å². The van der Waals surface area contributed by atoms with Gasteiger partial charge in [0, 0.05) is 30.3 Å². The number of thiophene rings is 1. The lowest BCUT2D eigenvalue weighted by molar-refractivity contribution is -0.122. The van der Waals surface area contributed by atoms with E-state index in [1.807, 2.05) is 48.2 Å². The molecule has 2 N–H and O–H groups in total. The second kappa shape index (κ2) is 7.87. The molecule has 2 aromatic heterocycles. The number of aromatic amines is 1. The van der Waals surface area contributed by atoms with Gasteiger partial charge in [0.05, 0.1) is 22.0 Å². The summed E-state index contributed by atoms with van der Waals surface area (Å²) < 4.78 is 0. The summed E-state index contributed by atoms with van der Waals surface area (Å²) in [6.07, 6.45) is 3.69. The van der Waals surface area contributed by atoms with Crippen molar-refractivity contribution >= 4 is 34.2 Å². The summed E-state index contributed by atoms with van der Waals surface area (Å²) in [5.41, 5.74) is 2.03. The van der Waals surface area contributed by atoms with Gasteiger partial charge < -0.3 is 15.2 Å². The van der Waals surface area contributed by atoms with Gasteiger partial charge in [0.25, 0.3) is 5.91 Å². The van der Waals surface area contributed by atoms with E-state index in [0.29, 0.717) is 18.3 Å². The molecule has 0 spiro atoms. The van der Waals surface area contributed by atoms with E-state index in [1.54, 1.807) is 0 Å². The molecule has 6 nitrogen and oxygen atoms in total. The summed E-state index contributed by atoms with van der Waals surface area (Å²) in [6, 6.07) is 11.8. The standard InChI is InChI=1S/C23H26N4O2S/c1-14(19-8-9-20(30-19)23(29)27-10-4-5-11-27)24-21(28)13-15-12-16(15)22-25-17-6-2-3-7-18(17)26-22/h2-3,6-9,14-16H,4-5,10-13H2,1H3,(H,24,28)(H,25,26)/t14-,15-,16-/m1/s1. The van der Waals surface area contributed by atoms with Crippen molar-refractivity contribution in [3.05, 3.63) is 52.0 Å². The van der Waals surface area contributed by atoms with Crippen molar-refractivity contribution in [3.8, 4) is 0 Å². The molecule has 1 saturated heterocycles. The molecular weight excluding hydrogens is 396 g/mol. The molecule has 5 rings (SSSR count). The number of fused-ring (bicyclic) bond motifs is 1. The number of H-pyrrole nitrogens is 1. The highest BCUT2D eigenvalue weighted by Gasteiger charge is 2.42. The van der Waals surface area contributed by atoms with Gasteiger partial charge in [0.15, 0.2) is 0 Å². The van der Waals surface area contributed by atoms with E-state index in [0.717, 1.165) is 59.0 Å². The van der Waals surface area contributed by atoms with E-state index in [1.165, 1.54) is 11.3 Å². The fourth-order valence-corrected chi connectivity index (χ4v) is 5.32. The van der Waals surface area contributed by atoms with Crippen molar-refractivity contribution in [2.24, 2.45) is 5.92 Å². The van der Waals surface area contributed by atoms with E-state index in [2.05, 4.69) is 15.3 Å². The maximum atomic E-state index is 12.6. The number of nitrogens with one attached hydrogen (secondary N) is 2. The van der Waals surface area contributed by atoms with Crippen LogP contribution in [0, 0.1) is 5.92 Å². The lowest BCUT2D eigenvalue weighted by atomic mass is 10.2. The summed E-state index contributed by atoms with van der Waals surface area (Å²) in [5, 5.41) is 3.10. The molecule has 3 atom stereocenters. The third-order valence-electron chi connectivity index (χ3n) is 6.16. The Labute approximate surface area is 179 Å². The van der Waals surface area contributed by atoms with Gasteiger partial charge in [-0.1, -0.05) is 12.1 Å². The molecule has 1 aliphatic carbocycles. The first-order chi connectivity index (χ1) is 14.6. The molecule has 2 amide bonds. The third kappa shape index (κ3) is 3.86. The molecule has 1 aliphatic heterocycles. The van der Waals surface area contributed by atoms with Gasteiger partial charge in [-0.3, -0.25) is 9.59 Å². The summed E-state index contributed by atoms with van der Waals surface area (Å²) in [5.74, 6) is 1.85. The summed E-state index contributed by atoms with van der Waals surface area (Å²) in [4.78, 5) is 36.9. The van der Waals surface area contributed by atoms with Crippen LogP contribution >= 0.6 is 11.3 Å². The molecule has 1 saturated carbocycles. The fourth-order valence-electron chi connectivity index (χ4n) is 4.34. The Bertz CT molecular complexity index is 1050. The molecule has 1 aromatic carbocycles. The van der Waals surface area contributed by atoms with E-state index in [-0.39, 0.29) is 17.9 Å². The van der Waals surface area contributed by atoms with Crippen LogP contribution in [0.5, 0.6) is 0 Å². The van der Waals surface area contributed by atoms with Crippen LogP contribution in [0.25, 0.3) is 11.0 Å². The number of likely N-dealkylation sites (tertiary alicyclic amines) is 1. The second-order valence-corrected chi connectivity index (χ2v) is 9.55. The zero-order chi connectivity index (χ0) is 20.7. The topological polar surface area (TPSA) is 78.1 Å². The first kappa shape index (κ1) is 19.3. The SMILES string of the molecule is C[C@@H](NC(=O)C[C@H]1C[C@H]1c1nc2ccccc2[nH]1)c1ccc(C(=O)N2CCCC2)s1. The zero-order valence-electron chi connectivity index (χ0n) is 17.1. The molecule has 3 heterocycles. The van der Waals surface area contributed by atoms with Crippen LogP contribution in [0.2, 0.25) is 0 Å². The number of hydrogen-bond donors (Lipinski definition) is 2. The average molecular weight is 423 g/mol. The fraction of sp³-hybridized carbons (Fsp3) is 0.435. The molecular formula is C23H26N4O2S. The number of imidazole rings is 1. The minimum absolute atomic E-state index is 0.0620. The van der Waals surface area contributed by atoms with Crippen molar-refractivity contribution in [1.82, 2.24) is 20.2 Å². The number of rotatable bonds is 6. The molecule has 156 valence electrons. The number of nitrogens with zero attached hydrogens (tertiary/aromatic N) is 2. The molecule has 7 heteroatoms. The molecule has 0 bridgehead atoms. The van der Waals surface area contributed by atoms with Gasteiger partial charge in [0.1, 0.15) is 5.82 Å². The second-order valence-electron chi connectivity index (χ2n) is 8.44. The highest BCUT2D eigenvalue weighted by atomic mass is 32.1. The predicted octanol–water partition coefficient (Wildman–Crippen LogP) is 4.23. The molecule has 30 heavy (non-hydrogen) atoms. The number of hydrogen-bond acceptors (Lipinski definition) is 4. The Morgan fingerprint density at radius 3 is 2.83 bits per heavy atom. The van der Waals surface area contributed by atoms with Crippen LogP contribution in [0.15, 0.2) is 36.4 Å². The quantitative estimate of drug-likeness (QED) is 0.624. The minimum atomic E-state index is -0.0916.